The summed E-state index contributed by atoms with van der Waals surface area (Å²) in [4.78, 5) is 10.4. The van der Waals surface area contributed by atoms with Crippen LogP contribution in [0.2, 0.25) is 0 Å². The maximum absolute atomic E-state index is 10.4. The van der Waals surface area contributed by atoms with E-state index in [9.17, 15) is 4.79 Å². The molecule has 0 saturated heterocycles. The van der Waals surface area contributed by atoms with Crippen LogP contribution < -0.4 is 5.73 Å². The molecule has 1 radical (unpaired) electrons. The van der Waals surface area contributed by atoms with Gasteiger partial charge in [-0.2, -0.15) is 0 Å². The van der Waals surface area contributed by atoms with E-state index in [4.69, 9.17) is 5.73 Å². The molecule has 0 heterocycles. The normalized spacial score (nSPS) is 18.9. The van der Waals surface area contributed by atoms with Gasteiger partial charge < -0.3 is 0 Å². The predicted octanol–water partition coefficient (Wildman–Crippen LogP) is 1.30. The van der Waals surface area contributed by atoms with E-state index in [0.717, 1.165) is 19.3 Å². The van der Waals surface area contributed by atoms with Crippen molar-refractivity contribution in [3.8, 4) is 0 Å². The van der Waals surface area contributed by atoms with Crippen molar-refractivity contribution >= 4 is 5.91 Å². The number of rotatable bonds is 1. The smallest absolute Gasteiger partial charge is 0.265 e. The largest absolute Gasteiger partial charge is 0.268 e. The average Bonchev–Trinajstić information content (AvgIpc) is 1.90. The van der Waals surface area contributed by atoms with Crippen LogP contribution in [0.4, 0.5) is 0 Å². The fourth-order valence-corrected chi connectivity index (χ4v) is 1.04. The third-order valence-corrected chi connectivity index (χ3v) is 1.58. The number of amides is 1. The van der Waals surface area contributed by atoms with E-state index in [-0.39, 0.29) is 0 Å². The number of carbonyl (C=O) groups excluding carboxylic acids is 1. The number of hydrogen-bond donors (Lipinski definition) is 0. The van der Waals surface area contributed by atoms with E-state index in [1.807, 2.05) is 6.08 Å². The second kappa shape index (κ2) is 2.67. The monoisotopic (exact) mass is 124 g/mol. The minimum Gasteiger partial charge on any atom is -0.268 e. The first-order valence-electron chi connectivity index (χ1n) is 3.25. The molecule has 2 heteroatoms. The second-order valence-electron chi connectivity index (χ2n) is 2.30. The summed E-state index contributed by atoms with van der Waals surface area (Å²) in [5.41, 5.74) is 7.47. The van der Waals surface area contributed by atoms with Crippen LogP contribution >= 0.6 is 0 Å². The van der Waals surface area contributed by atoms with Crippen molar-refractivity contribution in [2.75, 3.05) is 0 Å². The fraction of sp³-hybridized carbons (Fsp3) is 0.571. The highest BCUT2D eigenvalue weighted by Crippen LogP contribution is 2.16. The third-order valence-electron chi connectivity index (χ3n) is 1.58. The van der Waals surface area contributed by atoms with Gasteiger partial charge in [0.2, 0.25) is 0 Å². The quantitative estimate of drug-likeness (QED) is 0.519. The van der Waals surface area contributed by atoms with E-state index in [1.165, 1.54) is 6.42 Å². The van der Waals surface area contributed by atoms with Crippen molar-refractivity contribution in [1.29, 1.82) is 0 Å². The van der Waals surface area contributed by atoms with E-state index in [0.29, 0.717) is 5.57 Å². The van der Waals surface area contributed by atoms with Gasteiger partial charge in [0.25, 0.3) is 5.91 Å². The Bertz CT molecular complexity index is 149. The summed E-state index contributed by atoms with van der Waals surface area (Å²) in [5.74, 6) is -0.491. The number of nitrogens with one attached hydrogen (secondary N) is 1. The van der Waals surface area contributed by atoms with Gasteiger partial charge in [-0.3, -0.25) is 10.5 Å². The predicted molar refractivity (Wildman–Crippen MR) is 34.7 cm³/mol. The molecule has 0 fully saturated rings. The molecule has 1 amide bonds. The molecule has 2 nitrogen and oxygen atoms in total. The summed E-state index contributed by atoms with van der Waals surface area (Å²) in [5, 5.41) is 0. The average molecular weight is 124 g/mol. The van der Waals surface area contributed by atoms with Crippen molar-refractivity contribution < 1.29 is 4.79 Å². The zero-order valence-corrected chi connectivity index (χ0v) is 5.31. The molecular weight excluding hydrogens is 114 g/mol. The summed E-state index contributed by atoms with van der Waals surface area (Å²) in [6.07, 6.45) is 5.95. The zero-order valence-electron chi connectivity index (χ0n) is 5.31. The van der Waals surface area contributed by atoms with Crippen LogP contribution in [-0.2, 0) is 4.79 Å². The molecule has 0 atom stereocenters. The molecule has 9 heavy (non-hydrogen) atoms. The van der Waals surface area contributed by atoms with Crippen LogP contribution in [-0.4, -0.2) is 5.91 Å². The van der Waals surface area contributed by atoms with Crippen LogP contribution in [0.15, 0.2) is 11.6 Å². The Morgan fingerprint density at radius 1 is 1.56 bits per heavy atom. The van der Waals surface area contributed by atoms with Gasteiger partial charge in [-0.05, 0) is 25.7 Å². The zero-order chi connectivity index (χ0) is 6.69. The molecule has 1 rings (SSSR count). The Morgan fingerprint density at radius 3 is 2.67 bits per heavy atom. The van der Waals surface area contributed by atoms with Crippen LogP contribution in [0.3, 0.4) is 0 Å². The maximum atomic E-state index is 10.4. The maximum Gasteiger partial charge on any atom is 0.265 e. The van der Waals surface area contributed by atoms with Gasteiger partial charge in [0.15, 0.2) is 0 Å². The lowest BCUT2D eigenvalue weighted by molar-refractivity contribution is -0.115. The number of carbonyl (C=O) groups is 1. The van der Waals surface area contributed by atoms with Crippen molar-refractivity contribution in [3.63, 3.8) is 0 Å². The molecule has 0 saturated carbocycles. The van der Waals surface area contributed by atoms with Crippen LogP contribution in [0.5, 0.6) is 0 Å². The molecule has 0 aromatic rings. The first kappa shape index (κ1) is 6.33. The van der Waals surface area contributed by atoms with Gasteiger partial charge in [-0.25, -0.2) is 0 Å². The van der Waals surface area contributed by atoms with E-state index >= 15 is 0 Å². The highest BCUT2D eigenvalue weighted by Gasteiger charge is 2.07. The lowest BCUT2D eigenvalue weighted by atomic mass is 9.99. The number of allylic oxidation sites excluding steroid dienone is 1. The van der Waals surface area contributed by atoms with Crippen LogP contribution in [0.1, 0.15) is 25.7 Å². The number of hydrogen-bond acceptors (Lipinski definition) is 1. The highest BCUT2D eigenvalue weighted by atomic mass is 16.1. The Balaban J connectivity index is 2.57. The first-order valence-corrected chi connectivity index (χ1v) is 3.25. The summed E-state index contributed by atoms with van der Waals surface area (Å²) in [6.45, 7) is 0. The molecule has 0 bridgehead atoms. The molecule has 1 N–H and O–H groups in total. The molecule has 0 unspecified atom stereocenters. The Hall–Kier alpha value is -0.790. The molecule has 1 aliphatic rings. The highest BCUT2D eigenvalue weighted by molar-refractivity contribution is 5.91. The fourth-order valence-electron chi connectivity index (χ4n) is 1.04. The van der Waals surface area contributed by atoms with Gasteiger partial charge in [-0.15, -0.1) is 0 Å². The van der Waals surface area contributed by atoms with Gasteiger partial charge in [-0.1, -0.05) is 6.08 Å². The Morgan fingerprint density at radius 2 is 2.33 bits per heavy atom. The molecule has 0 aromatic carbocycles. The van der Waals surface area contributed by atoms with E-state index in [1.54, 1.807) is 0 Å². The summed E-state index contributed by atoms with van der Waals surface area (Å²) >= 11 is 0. The standard InChI is InChI=1S/C7H10NO/c8-7(9)6-4-2-1-3-5-6/h4,8H,1-3,5H2. The van der Waals surface area contributed by atoms with E-state index < -0.39 is 5.91 Å². The van der Waals surface area contributed by atoms with E-state index in [2.05, 4.69) is 0 Å². The SMILES string of the molecule is [NH]C(=O)C1=CCCCC1. The Labute approximate surface area is 54.7 Å². The van der Waals surface area contributed by atoms with Gasteiger partial charge >= 0.3 is 0 Å². The van der Waals surface area contributed by atoms with Crippen molar-refractivity contribution in [2.45, 2.75) is 25.7 Å². The minimum absolute atomic E-state index is 0.491. The van der Waals surface area contributed by atoms with Crippen molar-refractivity contribution in [2.24, 2.45) is 0 Å². The molecule has 1 aliphatic carbocycles. The topological polar surface area (TPSA) is 40.9 Å². The molecule has 49 valence electrons. The summed E-state index contributed by atoms with van der Waals surface area (Å²) in [7, 11) is 0. The molecule has 0 aliphatic heterocycles. The van der Waals surface area contributed by atoms with Gasteiger partial charge in [0, 0.05) is 5.57 Å². The third kappa shape index (κ3) is 1.56. The van der Waals surface area contributed by atoms with Gasteiger partial charge in [0.05, 0.1) is 0 Å². The molecule has 0 aromatic heterocycles. The lowest BCUT2D eigenvalue weighted by Gasteiger charge is -2.06. The summed E-state index contributed by atoms with van der Waals surface area (Å²) in [6, 6.07) is 0. The minimum atomic E-state index is -0.491. The van der Waals surface area contributed by atoms with Gasteiger partial charge in [0.1, 0.15) is 0 Å². The van der Waals surface area contributed by atoms with Crippen LogP contribution in [0.25, 0.3) is 0 Å². The first-order chi connectivity index (χ1) is 4.30. The van der Waals surface area contributed by atoms with Crippen molar-refractivity contribution in [3.05, 3.63) is 11.6 Å². The van der Waals surface area contributed by atoms with Crippen molar-refractivity contribution in [1.82, 2.24) is 5.73 Å². The second-order valence-corrected chi connectivity index (χ2v) is 2.30. The molecular formula is C7H10NO. The summed E-state index contributed by atoms with van der Waals surface area (Å²) < 4.78 is 0. The molecule has 0 spiro atoms. The Kier molecular flexibility index (Phi) is 1.88. The van der Waals surface area contributed by atoms with Crippen LogP contribution in [0, 0.1) is 0 Å². The lowest BCUT2D eigenvalue weighted by Crippen LogP contribution is -2.05.